The predicted octanol–water partition coefficient (Wildman–Crippen LogP) is 1.46. The zero-order valence-electron chi connectivity index (χ0n) is 11.5. The standard InChI is InChI=1S/C13H17ClN2O4S/c1-8-11(13(17)18)6-9(14)7-12(8)21(19,20)16-4-2-10(15)3-5-16/h6-7,10H,2-5,15H2,1H3,(H,17,18). The van der Waals surface area contributed by atoms with Crippen LogP contribution >= 0.6 is 11.6 Å². The van der Waals surface area contributed by atoms with Crippen LogP contribution in [0, 0.1) is 6.92 Å². The Hall–Kier alpha value is -1.15. The van der Waals surface area contributed by atoms with Gasteiger partial charge < -0.3 is 10.8 Å². The van der Waals surface area contributed by atoms with Crippen molar-refractivity contribution in [2.24, 2.45) is 5.73 Å². The summed E-state index contributed by atoms with van der Waals surface area (Å²) in [6.45, 7) is 2.14. The van der Waals surface area contributed by atoms with Gasteiger partial charge in [0, 0.05) is 24.2 Å². The lowest BCUT2D eigenvalue weighted by molar-refractivity contribution is 0.0696. The molecule has 0 aromatic heterocycles. The van der Waals surface area contributed by atoms with E-state index in [9.17, 15) is 13.2 Å². The van der Waals surface area contributed by atoms with E-state index in [0.717, 1.165) is 0 Å². The number of nitrogens with two attached hydrogens (primary N) is 1. The second-order valence-electron chi connectivity index (χ2n) is 5.12. The SMILES string of the molecule is Cc1c(C(=O)O)cc(Cl)cc1S(=O)(=O)N1CCC(N)CC1. The van der Waals surface area contributed by atoms with Crippen LogP contribution < -0.4 is 5.73 Å². The van der Waals surface area contributed by atoms with E-state index in [1.807, 2.05) is 0 Å². The zero-order valence-corrected chi connectivity index (χ0v) is 13.1. The molecular formula is C13H17ClN2O4S. The summed E-state index contributed by atoms with van der Waals surface area (Å²) >= 11 is 5.87. The van der Waals surface area contributed by atoms with Gasteiger partial charge in [-0.15, -0.1) is 0 Å². The molecule has 1 aromatic rings. The third-order valence-electron chi connectivity index (χ3n) is 3.67. The van der Waals surface area contributed by atoms with Gasteiger partial charge in [0.05, 0.1) is 10.5 Å². The Morgan fingerprint density at radius 2 is 1.95 bits per heavy atom. The van der Waals surface area contributed by atoms with E-state index < -0.39 is 16.0 Å². The Morgan fingerprint density at radius 3 is 2.48 bits per heavy atom. The monoisotopic (exact) mass is 332 g/mol. The van der Waals surface area contributed by atoms with Crippen LogP contribution in [0.2, 0.25) is 5.02 Å². The van der Waals surface area contributed by atoms with Gasteiger partial charge in [-0.25, -0.2) is 13.2 Å². The molecule has 0 spiro atoms. The second-order valence-corrected chi connectivity index (χ2v) is 7.47. The zero-order chi connectivity index (χ0) is 15.8. The number of nitrogens with zero attached hydrogens (tertiary/aromatic N) is 1. The summed E-state index contributed by atoms with van der Waals surface area (Å²) in [5.74, 6) is -1.20. The molecule has 0 aliphatic carbocycles. The molecule has 0 atom stereocenters. The minimum atomic E-state index is -3.76. The molecule has 0 unspecified atom stereocenters. The van der Waals surface area contributed by atoms with Crippen molar-refractivity contribution in [1.82, 2.24) is 4.31 Å². The topological polar surface area (TPSA) is 101 Å². The van der Waals surface area contributed by atoms with Crippen molar-refractivity contribution in [3.8, 4) is 0 Å². The Morgan fingerprint density at radius 1 is 1.38 bits per heavy atom. The number of rotatable bonds is 3. The Bertz CT molecular complexity index is 667. The number of sulfonamides is 1. The maximum absolute atomic E-state index is 12.7. The molecule has 1 aliphatic rings. The van der Waals surface area contributed by atoms with Crippen LogP contribution in [0.5, 0.6) is 0 Å². The van der Waals surface area contributed by atoms with Crippen LogP contribution in [-0.2, 0) is 10.0 Å². The molecule has 0 radical (unpaired) electrons. The summed E-state index contributed by atoms with van der Waals surface area (Å²) in [7, 11) is -3.76. The largest absolute Gasteiger partial charge is 0.478 e. The quantitative estimate of drug-likeness (QED) is 0.872. The highest BCUT2D eigenvalue weighted by atomic mass is 35.5. The number of benzene rings is 1. The highest BCUT2D eigenvalue weighted by Gasteiger charge is 2.31. The third-order valence-corrected chi connectivity index (χ3v) is 5.91. The molecule has 1 aromatic carbocycles. The highest BCUT2D eigenvalue weighted by molar-refractivity contribution is 7.89. The lowest BCUT2D eigenvalue weighted by atomic mass is 10.1. The van der Waals surface area contributed by atoms with Crippen molar-refractivity contribution in [3.63, 3.8) is 0 Å². The van der Waals surface area contributed by atoms with Gasteiger partial charge >= 0.3 is 5.97 Å². The minimum Gasteiger partial charge on any atom is -0.478 e. The van der Waals surface area contributed by atoms with Gasteiger partial charge in [-0.2, -0.15) is 4.31 Å². The summed E-state index contributed by atoms with van der Waals surface area (Å²) in [5, 5.41) is 9.23. The normalized spacial score (nSPS) is 17.9. The van der Waals surface area contributed by atoms with Crippen LogP contribution in [0.3, 0.4) is 0 Å². The summed E-state index contributed by atoms with van der Waals surface area (Å²) in [5.41, 5.74) is 5.87. The first kappa shape index (κ1) is 16.2. The number of carboxylic acid groups (broad SMARTS) is 1. The van der Waals surface area contributed by atoms with Gasteiger partial charge in [0.2, 0.25) is 10.0 Å². The van der Waals surface area contributed by atoms with Gasteiger partial charge in [-0.05, 0) is 37.5 Å². The summed E-state index contributed by atoms with van der Waals surface area (Å²) < 4.78 is 26.7. The van der Waals surface area contributed by atoms with E-state index in [1.54, 1.807) is 0 Å². The lowest BCUT2D eigenvalue weighted by Gasteiger charge is -2.30. The summed E-state index contributed by atoms with van der Waals surface area (Å²) in [4.78, 5) is 11.1. The molecule has 0 saturated carbocycles. The summed E-state index contributed by atoms with van der Waals surface area (Å²) in [6, 6.07) is 2.56. The first-order chi connectivity index (χ1) is 9.73. The van der Waals surface area contributed by atoms with Crippen molar-refractivity contribution in [2.75, 3.05) is 13.1 Å². The Kier molecular flexibility index (Phi) is 4.57. The number of aromatic carboxylic acids is 1. The van der Waals surface area contributed by atoms with Crippen molar-refractivity contribution in [2.45, 2.75) is 30.7 Å². The van der Waals surface area contributed by atoms with Crippen LogP contribution in [0.1, 0.15) is 28.8 Å². The van der Waals surface area contributed by atoms with Gasteiger partial charge in [0.15, 0.2) is 0 Å². The van der Waals surface area contributed by atoms with Crippen molar-refractivity contribution < 1.29 is 18.3 Å². The molecule has 0 bridgehead atoms. The molecular weight excluding hydrogens is 316 g/mol. The second kappa shape index (κ2) is 5.92. The van der Waals surface area contributed by atoms with Crippen molar-refractivity contribution in [1.29, 1.82) is 0 Å². The van der Waals surface area contributed by atoms with Gasteiger partial charge in [-0.1, -0.05) is 11.6 Å². The molecule has 8 heteroatoms. The Labute approximate surface area is 128 Å². The Balaban J connectivity index is 2.47. The highest BCUT2D eigenvalue weighted by Crippen LogP contribution is 2.28. The van der Waals surface area contributed by atoms with Crippen molar-refractivity contribution in [3.05, 3.63) is 28.3 Å². The fraction of sp³-hybridized carbons (Fsp3) is 0.462. The smallest absolute Gasteiger partial charge is 0.336 e. The van der Waals surface area contributed by atoms with E-state index in [2.05, 4.69) is 0 Å². The van der Waals surface area contributed by atoms with E-state index in [0.29, 0.717) is 25.9 Å². The molecule has 6 nitrogen and oxygen atoms in total. The van der Waals surface area contributed by atoms with Crippen LogP contribution in [0.15, 0.2) is 17.0 Å². The molecule has 1 aliphatic heterocycles. The molecule has 116 valence electrons. The van der Waals surface area contributed by atoms with E-state index >= 15 is 0 Å². The molecule has 1 heterocycles. The van der Waals surface area contributed by atoms with Gasteiger partial charge in [0.1, 0.15) is 0 Å². The van der Waals surface area contributed by atoms with E-state index in [1.165, 1.54) is 23.4 Å². The van der Waals surface area contributed by atoms with E-state index in [4.69, 9.17) is 22.4 Å². The van der Waals surface area contributed by atoms with Crippen LogP contribution in [0.4, 0.5) is 0 Å². The molecule has 21 heavy (non-hydrogen) atoms. The minimum absolute atomic E-state index is 0.00601. The fourth-order valence-electron chi connectivity index (χ4n) is 2.40. The van der Waals surface area contributed by atoms with Crippen LogP contribution in [-0.4, -0.2) is 42.9 Å². The number of halogens is 1. The molecule has 3 N–H and O–H groups in total. The van der Waals surface area contributed by atoms with Gasteiger partial charge in [-0.3, -0.25) is 0 Å². The fourth-order valence-corrected chi connectivity index (χ4v) is 4.42. The molecule has 1 fully saturated rings. The van der Waals surface area contributed by atoms with E-state index in [-0.39, 0.29) is 27.1 Å². The van der Waals surface area contributed by atoms with Crippen LogP contribution in [0.25, 0.3) is 0 Å². The van der Waals surface area contributed by atoms with Crippen molar-refractivity contribution >= 4 is 27.6 Å². The lowest BCUT2D eigenvalue weighted by Crippen LogP contribution is -2.43. The maximum atomic E-state index is 12.7. The number of carboxylic acids is 1. The number of carbonyl (C=O) groups is 1. The first-order valence-corrected chi connectivity index (χ1v) is 8.34. The average Bonchev–Trinajstić information content (AvgIpc) is 2.41. The molecule has 1 saturated heterocycles. The summed E-state index contributed by atoms with van der Waals surface area (Å²) in [6.07, 6.45) is 1.18. The van der Waals surface area contributed by atoms with Gasteiger partial charge in [0.25, 0.3) is 0 Å². The first-order valence-electron chi connectivity index (χ1n) is 6.52. The number of hydrogen-bond acceptors (Lipinski definition) is 4. The molecule has 0 amide bonds. The number of hydrogen-bond donors (Lipinski definition) is 2. The predicted molar refractivity (Wildman–Crippen MR) is 79.1 cm³/mol. The molecule has 2 rings (SSSR count). The maximum Gasteiger partial charge on any atom is 0.336 e. The third kappa shape index (κ3) is 3.21. The number of piperidine rings is 1. The average molecular weight is 333 g/mol.